The number of nitrogens with one attached hydrogen (secondary N) is 1. The normalized spacial score (nSPS) is 10.6. The maximum absolute atomic E-state index is 4.51. The van der Waals surface area contributed by atoms with Crippen molar-refractivity contribution in [3.05, 3.63) is 59.4 Å². The molecule has 106 valence electrons. The predicted molar refractivity (Wildman–Crippen MR) is 84.9 cm³/mol. The minimum absolute atomic E-state index is 0.825. The Bertz CT molecular complexity index is 517. The van der Waals surface area contributed by atoms with Crippen LogP contribution in [-0.2, 0) is 19.5 Å². The molecular formula is C17H23N3. The van der Waals surface area contributed by atoms with Crippen molar-refractivity contribution in [2.45, 2.75) is 26.4 Å². The molecule has 3 nitrogen and oxygen atoms in total. The molecular weight excluding hydrogens is 246 g/mol. The monoisotopic (exact) mass is 269 g/mol. The van der Waals surface area contributed by atoms with Gasteiger partial charge in [0.1, 0.15) is 0 Å². The zero-order valence-electron chi connectivity index (χ0n) is 12.6. The Morgan fingerprint density at radius 3 is 2.30 bits per heavy atom. The van der Waals surface area contributed by atoms with E-state index < -0.39 is 0 Å². The molecule has 0 bridgehead atoms. The van der Waals surface area contributed by atoms with E-state index in [2.05, 4.69) is 65.6 Å². The van der Waals surface area contributed by atoms with Gasteiger partial charge in [0, 0.05) is 25.5 Å². The van der Waals surface area contributed by atoms with Crippen molar-refractivity contribution in [3.8, 4) is 0 Å². The molecule has 0 fully saturated rings. The van der Waals surface area contributed by atoms with Crippen LogP contribution < -0.4 is 10.2 Å². The molecule has 3 heteroatoms. The molecule has 1 N–H and O–H groups in total. The van der Waals surface area contributed by atoms with Crippen molar-refractivity contribution >= 4 is 5.69 Å². The van der Waals surface area contributed by atoms with Gasteiger partial charge < -0.3 is 10.2 Å². The average Bonchev–Trinajstić information content (AvgIpc) is 2.49. The van der Waals surface area contributed by atoms with Crippen LogP contribution in [0.25, 0.3) is 0 Å². The lowest BCUT2D eigenvalue weighted by Crippen LogP contribution is -2.17. The largest absolute Gasteiger partial charge is 0.369 e. The summed E-state index contributed by atoms with van der Waals surface area (Å²) in [7, 11) is 4.05. The summed E-state index contributed by atoms with van der Waals surface area (Å²) in [4.78, 5) is 6.74. The molecule has 0 atom stereocenters. The summed E-state index contributed by atoms with van der Waals surface area (Å²) in [6.07, 6.45) is 3.03. The molecule has 2 aromatic rings. The Morgan fingerprint density at radius 1 is 1.05 bits per heavy atom. The smallest absolute Gasteiger partial charge is 0.0598 e. The van der Waals surface area contributed by atoms with Gasteiger partial charge in [0.2, 0.25) is 0 Å². The van der Waals surface area contributed by atoms with Crippen molar-refractivity contribution in [1.29, 1.82) is 0 Å². The van der Waals surface area contributed by atoms with Gasteiger partial charge in [0.05, 0.1) is 12.2 Å². The Morgan fingerprint density at radius 2 is 1.75 bits per heavy atom. The summed E-state index contributed by atoms with van der Waals surface area (Å²) in [6.45, 7) is 3.86. The molecule has 1 heterocycles. The third-order valence-electron chi connectivity index (χ3n) is 3.45. The molecule has 1 aromatic carbocycles. The zero-order chi connectivity index (χ0) is 14.4. The minimum Gasteiger partial charge on any atom is -0.369 e. The van der Waals surface area contributed by atoms with Crippen molar-refractivity contribution in [3.63, 3.8) is 0 Å². The van der Waals surface area contributed by atoms with Crippen LogP contribution in [0.4, 0.5) is 5.69 Å². The first-order valence-electron chi connectivity index (χ1n) is 7.11. The lowest BCUT2D eigenvalue weighted by Gasteiger charge is -2.19. The molecule has 0 radical (unpaired) electrons. The van der Waals surface area contributed by atoms with Gasteiger partial charge in [-0.2, -0.15) is 0 Å². The van der Waals surface area contributed by atoms with E-state index in [0.29, 0.717) is 0 Å². The number of anilines is 1. The maximum Gasteiger partial charge on any atom is 0.0598 e. The Labute approximate surface area is 121 Å². The summed E-state index contributed by atoms with van der Waals surface area (Å²) in [5, 5.41) is 3.13. The van der Waals surface area contributed by atoms with Gasteiger partial charge in [0.25, 0.3) is 0 Å². The molecule has 0 aliphatic heterocycles. The fourth-order valence-corrected chi connectivity index (χ4v) is 2.18. The summed E-state index contributed by atoms with van der Waals surface area (Å²) in [5.74, 6) is 0. The first kappa shape index (κ1) is 14.5. The summed E-state index contributed by atoms with van der Waals surface area (Å²) < 4.78 is 0. The fraction of sp³-hybridized carbons (Fsp3) is 0.353. The number of hydrogen-bond acceptors (Lipinski definition) is 3. The Kier molecular flexibility index (Phi) is 5.13. The number of benzene rings is 1. The van der Waals surface area contributed by atoms with E-state index in [1.165, 1.54) is 16.8 Å². The molecule has 0 unspecified atom stereocenters. The van der Waals surface area contributed by atoms with Crippen LogP contribution in [0.1, 0.15) is 23.7 Å². The van der Waals surface area contributed by atoms with Crippen LogP contribution in [0, 0.1) is 0 Å². The number of rotatable bonds is 6. The van der Waals surface area contributed by atoms with E-state index in [4.69, 9.17) is 0 Å². The number of hydrogen-bond donors (Lipinski definition) is 1. The molecule has 1 aromatic heterocycles. The van der Waals surface area contributed by atoms with Gasteiger partial charge in [-0.15, -0.1) is 0 Å². The SMILES string of the molecule is CCc1ccc(N(C)Cc2ccc(CNC)cn2)cc1. The minimum atomic E-state index is 0.825. The van der Waals surface area contributed by atoms with Gasteiger partial charge in [-0.3, -0.25) is 4.98 Å². The molecule has 0 saturated carbocycles. The van der Waals surface area contributed by atoms with E-state index in [1.54, 1.807) is 0 Å². The molecule has 20 heavy (non-hydrogen) atoms. The number of nitrogens with zero attached hydrogens (tertiary/aromatic N) is 2. The van der Waals surface area contributed by atoms with Crippen LogP contribution in [0.5, 0.6) is 0 Å². The lowest BCUT2D eigenvalue weighted by atomic mass is 10.1. The van der Waals surface area contributed by atoms with Gasteiger partial charge in [-0.1, -0.05) is 25.1 Å². The van der Waals surface area contributed by atoms with E-state index in [0.717, 1.165) is 25.2 Å². The predicted octanol–water partition coefficient (Wildman–Crippen LogP) is 3.00. The first-order chi connectivity index (χ1) is 9.72. The summed E-state index contributed by atoms with van der Waals surface area (Å²) in [6, 6.07) is 13.0. The molecule has 0 aliphatic rings. The van der Waals surface area contributed by atoms with E-state index in [9.17, 15) is 0 Å². The third kappa shape index (κ3) is 3.81. The highest BCUT2D eigenvalue weighted by Crippen LogP contribution is 2.16. The first-order valence-corrected chi connectivity index (χ1v) is 7.11. The van der Waals surface area contributed by atoms with Crippen molar-refractivity contribution in [2.75, 3.05) is 19.0 Å². The van der Waals surface area contributed by atoms with Crippen molar-refractivity contribution in [1.82, 2.24) is 10.3 Å². The topological polar surface area (TPSA) is 28.2 Å². The highest BCUT2D eigenvalue weighted by molar-refractivity contribution is 5.47. The average molecular weight is 269 g/mol. The van der Waals surface area contributed by atoms with Gasteiger partial charge in [-0.25, -0.2) is 0 Å². The van der Waals surface area contributed by atoms with Crippen molar-refractivity contribution < 1.29 is 0 Å². The summed E-state index contributed by atoms with van der Waals surface area (Å²) in [5.41, 5.74) is 4.90. The van der Waals surface area contributed by atoms with E-state index in [1.807, 2.05) is 13.2 Å². The highest BCUT2D eigenvalue weighted by Gasteiger charge is 2.03. The highest BCUT2D eigenvalue weighted by atomic mass is 15.1. The number of pyridine rings is 1. The molecule has 0 aliphatic carbocycles. The van der Waals surface area contributed by atoms with Crippen LogP contribution in [0.15, 0.2) is 42.6 Å². The van der Waals surface area contributed by atoms with Gasteiger partial charge >= 0.3 is 0 Å². The molecule has 2 rings (SSSR count). The van der Waals surface area contributed by atoms with Gasteiger partial charge in [0.15, 0.2) is 0 Å². The third-order valence-corrected chi connectivity index (χ3v) is 3.45. The molecule has 0 amide bonds. The Hall–Kier alpha value is -1.87. The lowest BCUT2D eigenvalue weighted by molar-refractivity contribution is 0.806. The second kappa shape index (κ2) is 7.06. The fourth-order valence-electron chi connectivity index (χ4n) is 2.18. The number of aryl methyl sites for hydroxylation is 1. The van der Waals surface area contributed by atoms with Crippen LogP contribution in [0.2, 0.25) is 0 Å². The van der Waals surface area contributed by atoms with E-state index >= 15 is 0 Å². The Balaban J connectivity index is 2.00. The van der Waals surface area contributed by atoms with Gasteiger partial charge in [-0.05, 0) is 42.8 Å². The number of aromatic nitrogens is 1. The maximum atomic E-state index is 4.51. The van der Waals surface area contributed by atoms with Crippen molar-refractivity contribution in [2.24, 2.45) is 0 Å². The zero-order valence-corrected chi connectivity index (χ0v) is 12.6. The van der Waals surface area contributed by atoms with Crippen LogP contribution >= 0.6 is 0 Å². The summed E-state index contributed by atoms with van der Waals surface area (Å²) >= 11 is 0. The van der Waals surface area contributed by atoms with Crippen LogP contribution in [0.3, 0.4) is 0 Å². The van der Waals surface area contributed by atoms with Crippen LogP contribution in [-0.4, -0.2) is 19.1 Å². The second-order valence-corrected chi connectivity index (χ2v) is 5.06. The van der Waals surface area contributed by atoms with E-state index in [-0.39, 0.29) is 0 Å². The molecule has 0 spiro atoms. The quantitative estimate of drug-likeness (QED) is 0.874. The second-order valence-electron chi connectivity index (χ2n) is 5.06. The standard InChI is InChI=1S/C17H23N3/c1-4-14-6-9-17(10-7-14)20(3)13-16-8-5-15(11-18-2)12-19-16/h5-10,12,18H,4,11,13H2,1-3H3. The molecule has 0 saturated heterocycles.